The lowest BCUT2D eigenvalue weighted by Gasteiger charge is -2.37. The van der Waals surface area contributed by atoms with Gasteiger partial charge in [-0.2, -0.15) is 0 Å². The van der Waals surface area contributed by atoms with Gasteiger partial charge in [-0.25, -0.2) is 0 Å². The first kappa shape index (κ1) is 26.9. The van der Waals surface area contributed by atoms with E-state index < -0.39 is 48.0 Å². The molecule has 9 heteroatoms. The number of nitrogens with zero attached hydrogens (tertiary/aromatic N) is 3. The van der Waals surface area contributed by atoms with Crippen LogP contribution in [0.4, 0.5) is 0 Å². The van der Waals surface area contributed by atoms with E-state index in [0.29, 0.717) is 0 Å². The number of ether oxygens (including phenoxy) is 5. The van der Waals surface area contributed by atoms with Crippen LogP contribution in [0.25, 0.3) is 10.4 Å². The van der Waals surface area contributed by atoms with Crippen molar-refractivity contribution in [3.05, 3.63) is 118 Å². The molecule has 2 fully saturated rings. The third kappa shape index (κ3) is 5.41. The van der Waals surface area contributed by atoms with Gasteiger partial charge in [-0.1, -0.05) is 96.1 Å². The van der Waals surface area contributed by atoms with Crippen molar-refractivity contribution in [3.8, 4) is 0 Å². The van der Waals surface area contributed by atoms with Crippen molar-refractivity contribution in [2.45, 2.75) is 62.8 Å². The molecule has 3 aromatic rings. The van der Waals surface area contributed by atoms with E-state index in [0.717, 1.165) is 16.7 Å². The van der Waals surface area contributed by atoms with Crippen molar-refractivity contribution in [2.24, 2.45) is 5.11 Å². The maximum atomic E-state index is 11.8. The summed E-state index contributed by atoms with van der Waals surface area (Å²) in [5, 5.41) is 4.07. The molecule has 9 nitrogen and oxygen atoms in total. The maximum absolute atomic E-state index is 11.8. The average Bonchev–Trinajstić information content (AvgIpc) is 3.43. The third-order valence-corrected chi connectivity index (χ3v) is 6.92. The number of fused-ring (bicyclic) bond motifs is 1. The fourth-order valence-electron chi connectivity index (χ4n) is 5.40. The SMILES string of the molecule is CC(=O)O[C@H]1O[C@H]([C@H](COC(c2ccccc2)(c2ccccc2)c2ccccc2)N=[N+]=[N-])[C@@H]2OC(C)(C)O[C@H]12. The highest BCUT2D eigenvalue weighted by Crippen LogP contribution is 2.43. The lowest BCUT2D eigenvalue weighted by Crippen LogP contribution is -2.43. The Labute approximate surface area is 227 Å². The van der Waals surface area contributed by atoms with Gasteiger partial charge in [-0.05, 0) is 36.1 Å². The Bertz CT molecular complexity index is 1220. The molecule has 0 unspecified atom stereocenters. The molecule has 0 bridgehead atoms. The van der Waals surface area contributed by atoms with Crippen LogP contribution < -0.4 is 0 Å². The highest BCUT2D eigenvalue weighted by molar-refractivity contribution is 5.66. The first-order chi connectivity index (χ1) is 18.8. The second-order valence-corrected chi connectivity index (χ2v) is 10.0. The molecule has 3 aromatic carbocycles. The Hall–Kier alpha value is -3.72. The molecule has 202 valence electrons. The predicted octanol–water partition coefficient (Wildman–Crippen LogP) is 5.48. The zero-order valence-electron chi connectivity index (χ0n) is 22.0. The second-order valence-electron chi connectivity index (χ2n) is 10.0. The van der Waals surface area contributed by atoms with Gasteiger partial charge in [0.2, 0.25) is 6.29 Å². The first-order valence-electron chi connectivity index (χ1n) is 12.9. The van der Waals surface area contributed by atoms with Crippen molar-refractivity contribution in [1.29, 1.82) is 0 Å². The summed E-state index contributed by atoms with van der Waals surface area (Å²) in [6, 6.07) is 28.9. The minimum absolute atomic E-state index is 0.0206. The molecule has 0 spiro atoms. The number of azide groups is 1. The predicted molar refractivity (Wildman–Crippen MR) is 142 cm³/mol. The van der Waals surface area contributed by atoms with Crippen LogP contribution in [0.3, 0.4) is 0 Å². The van der Waals surface area contributed by atoms with Gasteiger partial charge in [0.15, 0.2) is 11.9 Å². The van der Waals surface area contributed by atoms with E-state index in [2.05, 4.69) is 10.0 Å². The number of benzene rings is 3. The molecule has 2 aliphatic rings. The molecule has 0 N–H and O–H groups in total. The molecule has 5 rings (SSSR count). The van der Waals surface area contributed by atoms with Gasteiger partial charge in [0.25, 0.3) is 0 Å². The van der Waals surface area contributed by atoms with E-state index in [1.54, 1.807) is 13.8 Å². The second kappa shape index (κ2) is 11.2. The van der Waals surface area contributed by atoms with Gasteiger partial charge < -0.3 is 23.7 Å². The smallest absolute Gasteiger partial charge is 0.305 e. The summed E-state index contributed by atoms with van der Waals surface area (Å²) in [7, 11) is 0. The summed E-state index contributed by atoms with van der Waals surface area (Å²) in [4.78, 5) is 14.9. The molecule has 2 aliphatic heterocycles. The Kier molecular flexibility index (Phi) is 7.70. The minimum atomic E-state index is -1.02. The molecule has 2 saturated heterocycles. The highest BCUT2D eigenvalue weighted by Gasteiger charge is 2.58. The average molecular weight is 530 g/mol. The fraction of sp³-hybridized carbons (Fsp3) is 0.367. The van der Waals surface area contributed by atoms with E-state index in [1.807, 2.05) is 91.0 Å². The zero-order chi connectivity index (χ0) is 27.5. The molecule has 39 heavy (non-hydrogen) atoms. The maximum Gasteiger partial charge on any atom is 0.305 e. The van der Waals surface area contributed by atoms with Crippen molar-refractivity contribution in [2.75, 3.05) is 6.61 Å². The normalized spacial score (nSPS) is 24.4. The number of carbonyl (C=O) groups is 1. The molecule has 0 aliphatic carbocycles. The molecule has 0 saturated carbocycles. The molecule has 0 aromatic heterocycles. The molecule has 2 heterocycles. The Morgan fingerprint density at radius 3 is 1.87 bits per heavy atom. The van der Waals surface area contributed by atoms with Crippen LogP contribution >= 0.6 is 0 Å². The van der Waals surface area contributed by atoms with E-state index >= 15 is 0 Å². The largest absolute Gasteiger partial charge is 0.433 e. The van der Waals surface area contributed by atoms with Crippen LogP contribution in [-0.2, 0) is 34.1 Å². The van der Waals surface area contributed by atoms with Crippen LogP contribution in [0.2, 0.25) is 0 Å². The number of carbonyl (C=O) groups excluding carboxylic acids is 1. The fourth-order valence-corrected chi connectivity index (χ4v) is 5.40. The number of rotatable bonds is 9. The van der Waals surface area contributed by atoms with Crippen LogP contribution in [0.15, 0.2) is 96.1 Å². The Morgan fingerprint density at radius 2 is 1.41 bits per heavy atom. The number of hydrogen-bond donors (Lipinski definition) is 0. The number of hydrogen-bond acceptors (Lipinski definition) is 7. The van der Waals surface area contributed by atoms with Gasteiger partial charge in [0.1, 0.15) is 17.8 Å². The van der Waals surface area contributed by atoms with E-state index in [4.69, 9.17) is 23.7 Å². The van der Waals surface area contributed by atoms with Gasteiger partial charge in [-0.15, -0.1) is 0 Å². The van der Waals surface area contributed by atoms with E-state index in [-0.39, 0.29) is 6.61 Å². The summed E-state index contributed by atoms with van der Waals surface area (Å²) in [5.41, 5.74) is 11.2. The summed E-state index contributed by atoms with van der Waals surface area (Å²) < 4.78 is 30.5. The topological polar surface area (TPSA) is 112 Å². The molecule has 0 amide bonds. The van der Waals surface area contributed by atoms with Gasteiger partial charge in [0.05, 0.1) is 12.6 Å². The van der Waals surface area contributed by atoms with Crippen molar-refractivity contribution in [3.63, 3.8) is 0 Å². The number of esters is 1. The van der Waals surface area contributed by atoms with Crippen LogP contribution in [0, 0.1) is 0 Å². The van der Waals surface area contributed by atoms with Gasteiger partial charge in [0, 0.05) is 11.8 Å². The third-order valence-electron chi connectivity index (χ3n) is 6.92. The summed E-state index contributed by atoms with van der Waals surface area (Å²) >= 11 is 0. The molecular weight excluding hydrogens is 498 g/mol. The summed E-state index contributed by atoms with van der Waals surface area (Å²) in [5.74, 6) is -1.44. The Balaban J connectivity index is 1.54. The zero-order valence-corrected chi connectivity index (χ0v) is 22.0. The molecule has 5 atom stereocenters. The summed E-state index contributed by atoms with van der Waals surface area (Å²) in [6.07, 6.45) is -3.09. The van der Waals surface area contributed by atoms with Crippen LogP contribution in [0.5, 0.6) is 0 Å². The summed E-state index contributed by atoms with van der Waals surface area (Å²) in [6.45, 7) is 4.83. The standard InChI is InChI=1S/C30H31N3O6/c1-20(34)36-28-27-26(38-29(2,3)39-27)25(37-28)24(32-33-31)19-35-30(21-13-7-4-8-14-21,22-15-9-5-10-16-22)23-17-11-6-12-18-23/h4-18,24-28H,19H2,1-3H3/t24-,25+,26-,27-,28-/m0/s1. The van der Waals surface area contributed by atoms with Crippen LogP contribution in [-0.4, -0.2) is 49.0 Å². The quantitative estimate of drug-likeness (QED) is 0.119. The highest BCUT2D eigenvalue weighted by atomic mass is 16.8. The minimum Gasteiger partial charge on any atom is -0.433 e. The van der Waals surface area contributed by atoms with Crippen LogP contribution in [0.1, 0.15) is 37.5 Å². The lowest BCUT2D eigenvalue weighted by atomic mass is 9.80. The monoisotopic (exact) mass is 529 g/mol. The van der Waals surface area contributed by atoms with Gasteiger partial charge >= 0.3 is 5.97 Å². The van der Waals surface area contributed by atoms with Crippen molar-refractivity contribution in [1.82, 2.24) is 0 Å². The molecular formula is C30H31N3O6. The molecule has 0 radical (unpaired) electrons. The van der Waals surface area contributed by atoms with Gasteiger partial charge in [-0.3, -0.25) is 4.79 Å². The Morgan fingerprint density at radius 1 is 0.923 bits per heavy atom. The van der Waals surface area contributed by atoms with Crippen molar-refractivity contribution >= 4 is 5.97 Å². The van der Waals surface area contributed by atoms with E-state index in [9.17, 15) is 10.3 Å². The first-order valence-corrected chi connectivity index (χ1v) is 12.9. The van der Waals surface area contributed by atoms with Crippen molar-refractivity contribution < 1.29 is 28.5 Å². The van der Waals surface area contributed by atoms with E-state index in [1.165, 1.54) is 6.92 Å². The lowest BCUT2D eigenvalue weighted by molar-refractivity contribution is -0.234.